The molecule has 5 nitrogen and oxygen atoms in total. The Morgan fingerprint density at radius 1 is 1.42 bits per heavy atom. The van der Waals surface area contributed by atoms with Gasteiger partial charge < -0.3 is 4.52 Å². The van der Waals surface area contributed by atoms with Gasteiger partial charge in [0.15, 0.2) is 5.82 Å². The number of hydrogen-bond donors (Lipinski definition) is 0. The second-order valence-corrected chi connectivity index (χ2v) is 6.15. The first-order valence-corrected chi connectivity index (χ1v) is 6.96. The van der Waals surface area contributed by atoms with Gasteiger partial charge in [0.1, 0.15) is 0 Å². The lowest BCUT2D eigenvalue weighted by Crippen LogP contribution is -2.37. The summed E-state index contributed by atoms with van der Waals surface area (Å²) in [6.45, 7) is 8.87. The molecular formula is C14H22N4O. The Kier molecular flexibility index (Phi) is 4.20. The summed E-state index contributed by atoms with van der Waals surface area (Å²) in [7, 11) is 0. The highest BCUT2D eigenvalue weighted by molar-refractivity contribution is 4.99. The molecule has 0 amide bonds. The van der Waals surface area contributed by atoms with Crippen LogP contribution in [0.5, 0.6) is 0 Å². The SMILES string of the molecule is CC(C)Cc1noc(CN2CCC(C)(C#N)CC2)n1. The molecule has 0 bridgehead atoms. The van der Waals surface area contributed by atoms with Crippen LogP contribution in [0.1, 0.15) is 45.3 Å². The molecule has 0 radical (unpaired) electrons. The van der Waals surface area contributed by atoms with Crippen LogP contribution in [-0.2, 0) is 13.0 Å². The van der Waals surface area contributed by atoms with E-state index >= 15 is 0 Å². The molecule has 19 heavy (non-hydrogen) atoms. The minimum atomic E-state index is -0.159. The lowest BCUT2D eigenvalue weighted by molar-refractivity contribution is 0.136. The van der Waals surface area contributed by atoms with Crippen LogP contribution >= 0.6 is 0 Å². The largest absolute Gasteiger partial charge is 0.338 e. The summed E-state index contributed by atoms with van der Waals surface area (Å²) in [5, 5.41) is 13.1. The molecule has 1 aliphatic rings. The van der Waals surface area contributed by atoms with E-state index in [0.717, 1.165) is 38.2 Å². The van der Waals surface area contributed by atoms with Crippen molar-refractivity contribution in [3.63, 3.8) is 0 Å². The summed E-state index contributed by atoms with van der Waals surface area (Å²) in [6, 6.07) is 2.41. The van der Waals surface area contributed by atoms with Gasteiger partial charge in [0.05, 0.1) is 18.0 Å². The van der Waals surface area contributed by atoms with Crippen molar-refractivity contribution >= 4 is 0 Å². The standard InChI is InChI=1S/C14H22N4O/c1-11(2)8-12-16-13(19-17-12)9-18-6-4-14(3,10-15)5-7-18/h11H,4-9H2,1-3H3. The van der Waals surface area contributed by atoms with E-state index in [1.54, 1.807) is 0 Å². The average Bonchev–Trinajstić information content (AvgIpc) is 2.79. The number of nitriles is 1. The van der Waals surface area contributed by atoms with E-state index in [4.69, 9.17) is 9.78 Å². The lowest BCUT2D eigenvalue weighted by atomic mass is 9.82. The number of nitrogens with zero attached hydrogens (tertiary/aromatic N) is 4. The minimum absolute atomic E-state index is 0.159. The summed E-state index contributed by atoms with van der Waals surface area (Å²) < 4.78 is 5.28. The van der Waals surface area contributed by atoms with E-state index in [9.17, 15) is 0 Å². The molecule has 0 aliphatic carbocycles. The van der Waals surface area contributed by atoms with Gasteiger partial charge in [0.25, 0.3) is 0 Å². The smallest absolute Gasteiger partial charge is 0.240 e. The van der Waals surface area contributed by atoms with E-state index in [2.05, 4.69) is 35.0 Å². The van der Waals surface area contributed by atoms with Gasteiger partial charge in [-0.25, -0.2) is 0 Å². The summed E-state index contributed by atoms with van der Waals surface area (Å²) in [6.07, 6.45) is 2.68. The fourth-order valence-corrected chi connectivity index (χ4v) is 2.31. The first-order valence-electron chi connectivity index (χ1n) is 6.96. The van der Waals surface area contributed by atoms with Gasteiger partial charge in [0, 0.05) is 19.5 Å². The maximum absolute atomic E-state index is 9.10. The molecule has 5 heteroatoms. The number of rotatable bonds is 4. The molecule has 0 unspecified atom stereocenters. The van der Waals surface area contributed by atoms with Crippen LogP contribution in [0.15, 0.2) is 4.52 Å². The van der Waals surface area contributed by atoms with Crippen molar-refractivity contribution in [1.82, 2.24) is 15.0 Å². The molecule has 1 saturated heterocycles. The lowest BCUT2D eigenvalue weighted by Gasteiger charge is -2.33. The van der Waals surface area contributed by atoms with Gasteiger partial charge in [-0.2, -0.15) is 10.2 Å². The first-order chi connectivity index (χ1) is 9.00. The van der Waals surface area contributed by atoms with Crippen LogP contribution in [0.25, 0.3) is 0 Å². The van der Waals surface area contributed by atoms with Gasteiger partial charge in [-0.3, -0.25) is 4.90 Å². The van der Waals surface area contributed by atoms with Gasteiger partial charge in [0.2, 0.25) is 5.89 Å². The van der Waals surface area contributed by atoms with Crippen LogP contribution in [0.2, 0.25) is 0 Å². The molecule has 1 aromatic rings. The Morgan fingerprint density at radius 2 is 2.11 bits per heavy atom. The molecule has 1 aromatic heterocycles. The molecule has 0 spiro atoms. The Hall–Kier alpha value is -1.41. The van der Waals surface area contributed by atoms with E-state index in [1.807, 2.05) is 6.92 Å². The Labute approximate surface area is 114 Å². The van der Waals surface area contributed by atoms with E-state index < -0.39 is 0 Å². The molecule has 0 aromatic carbocycles. The number of likely N-dealkylation sites (tertiary alicyclic amines) is 1. The fourth-order valence-electron chi connectivity index (χ4n) is 2.31. The zero-order chi connectivity index (χ0) is 13.9. The summed E-state index contributed by atoms with van der Waals surface area (Å²) in [4.78, 5) is 6.70. The number of aromatic nitrogens is 2. The van der Waals surface area contributed by atoms with Crippen molar-refractivity contribution in [2.75, 3.05) is 13.1 Å². The van der Waals surface area contributed by atoms with E-state index in [0.29, 0.717) is 18.4 Å². The minimum Gasteiger partial charge on any atom is -0.338 e. The molecular weight excluding hydrogens is 240 g/mol. The number of piperidine rings is 1. The van der Waals surface area contributed by atoms with E-state index in [-0.39, 0.29) is 5.41 Å². The monoisotopic (exact) mass is 262 g/mol. The molecule has 0 atom stereocenters. The van der Waals surface area contributed by atoms with Gasteiger partial charge in [-0.05, 0) is 25.7 Å². The molecule has 0 saturated carbocycles. The third kappa shape index (κ3) is 3.77. The van der Waals surface area contributed by atoms with Crippen LogP contribution in [0.3, 0.4) is 0 Å². The maximum atomic E-state index is 9.10. The summed E-state index contributed by atoms with van der Waals surface area (Å²) >= 11 is 0. The Morgan fingerprint density at radius 3 is 2.68 bits per heavy atom. The predicted octanol–water partition coefficient (Wildman–Crippen LogP) is 2.39. The maximum Gasteiger partial charge on any atom is 0.240 e. The highest BCUT2D eigenvalue weighted by atomic mass is 16.5. The molecule has 2 rings (SSSR count). The third-order valence-electron chi connectivity index (χ3n) is 3.69. The Bertz CT molecular complexity index is 452. The van der Waals surface area contributed by atoms with Crippen LogP contribution in [0.4, 0.5) is 0 Å². The zero-order valence-electron chi connectivity index (χ0n) is 12.0. The van der Waals surface area contributed by atoms with Crippen molar-refractivity contribution in [1.29, 1.82) is 5.26 Å². The molecule has 0 N–H and O–H groups in total. The quantitative estimate of drug-likeness (QED) is 0.833. The van der Waals surface area contributed by atoms with Crippen molar-refractivity contribution < 1.29 is 4.52 Å². The fraction of sp³-hybridized carbons (Fsp3) is 0.786. The first kappa shape index (κ1) is 14.0. The molecule has 2 heterocycles. The summed E-state index contributed by atoms with van der Waals surface area (Å²) in [5.74, 6) is 2.02. The average molecular weight is 262 g/mol. The topological polar surface area (TPSA) is 66.0 Å². The van der Waals surface area contributed by atoms with Gasteiger partial charge >= 0.3 is 0 Å². The van der Waals surface area contributed by atoms with Crippen molar-refractivity contribution in [2.24, 2.45) is 11.3 Å². The van der Waals surface area contributed by atoms with Crippen molar-refractivity contribution in [3.8, 4) is 6.07 Å². The third-order valence-corrected chi connectivity index (χ3v) is 3.69. The Balaban J connectivity index is 1.86. The zero-order valence-corrected chi connectivity index (χ0v) is 12.0. The van der Waals surface area contributed by atoms with E-state index in [1.165, 1.54) is 0 Å². The van der Waals surface area contributed by atoms with Gasteiger partial charge in [-0.1, -0.05) is 19.0 Å². The highest BCUT2D eigenvalue weighted by Crippen LogP contribution is 2.30. The van der Waals surface area contributed by atoms with Crippen LogP contribution < -0.4 is 0 Å². The molecule has 1 fully saturated rings. The number of hydrogen-bond acceptors (Lipinski definition) is 5. The van der Waals surface area contributed by atoms with Crippen LogP contribution in [-0.4, -0.2) is 28.1 Å². The second-order valence-electron chi connectivity index (χ2n) is 6.15. The van der Waals surface area contributed by atoms with Gasteiger partial charge in [-0.15, -0.1) is 0 Å². The van der Waals surface area contributed by atoms with Crippen molar-refractivity contribution in [3.05, 3.63) is 11.7 Å². The van der Waals surface area contributed by atoms with Crippen LogP contribution in [0, 0.1) is 22.7 Å². The second kappa shape index (κ2) is 5.70. The van der Waals surface area contributed by atoms with Crippen molar-refractivity contribution in [2.45, 2.75) is 46.6 Å². The normalized spacial score (nSPS) is 19.5. The molecule has 104 valence electrons. The summed E-state index contributed by atoms with van der Waals surface area (Å²) in [5.41, 5.74) is -0.159. The highest BCUT2D eigenvalue weighted by Gasteiger charge is 2.30. The predicted molar refractivity (Wildman–Crippen MR) is 71.1 cm³/mol. The molecule has 1 aliphatic heterocycles.